The molecule has 0 aliphatic carbocycles. The zero-order valence-electron chi connectivity index (χ0n) is 9.77. The molecule has 15 heavy (non-hydrogen) atoms. The molecule has 0 aromatic rings. The Morgan fingerprint density at radius 2 is 1.60 bits per heavy atom. The summed E-state index contributed by atoms with van der Waals surface area (Å²) in [5.74, 6) is 0. The molecule has 0 aromatic heterocycles. The Bertz CT molecular complexity index is 208. The zero-order chi connectivity index (χ0) is 12.5. The van der Waals surface area contributed by atoms with E-state index >= 15 is 0 Å². The molecule has 0 bridgehead atoms. The lowest BCUT2D eigenvalue weighted by atomic mass is 10.2. The van der Waals surface area contributed by atoms with E-state index < -0.39 is 27.2 Å². The fraction of sp³-hybridized carbons (Fsp3) is 1.00. The Morgan fingerprint density at radius 1 is 1.20 bits per heavy atom. The SMILES string of the molecule is CC(C)(C)[Si](C)(C)OCC(O)C(F)(F)F. The molecule has 6 heteroatoms. The van der Waals surface area contributed by atoms with Gasteiger partial charge in [0.15, 0.2) is 14.4 Å². The lowest BCUT2D eigenvalue weighted by Gasteiger charge is -2.36. The third-order valence-electron chi connectivity index (χ3n) is 2.79. The highest BCUT2D eigenvalue weighted by Gasteiger charge is 2.42. The average molecular weight is 244 g/mol. The van der Waals surface area contributed by atoms with Crippen LogP contribution in [0.1, 0.15) is 20.8 Å². The van der Waals surface area contributed by atoms with Crippen molar-refractivity contribution in [2.45, 2.75) is 51.2 Å². The second kappa shape index (κ2) is 4.43. The van der Waals surface area contributed by atoms with Gasteiger partial charge in [0.05, 0.1) is 6.61 Å². The Kier molecular flexibility index (Phi) is 4.41. The van der Waals surface area contributed by atoms with Crippen LogP contribution < -0.4 is 0 Å². The fourth-order valence-electron chi connectivity index (χ4n) is 0.598. The maximum Gasteiger partial charge on any atom is 0.416 e. The highest BCUT2D eigenvalue weighted by molar-refractivity contribution is 6.74. The van der Waals surface area contributed by atoms with E-state index in [9.17, 15) is 13.2 Å². The molecule has 92 valence electrons. The predicted octanol–water partition coefficient (Wildman–Crippen LogP) is 2.93. The summed E-state index contributed by atoms with van der Waals surface area (Å²) in [6.45, 7) is 8.81. The van der Waals surface area contributed by atoms with Gasteiger partial charge in [0.25, 0.3) is 0 Å². The van der Waals surface area contributed by atoms with Gasteiger partial charge in [0.1, 0.15) is 0 Å². The van der Waals surface area contributed by atoms with Crippen molar-refractivity contribution in [3.63, 3.8) is 0 Å². The quantitative estimate of drug-likeness (QED) is 0.773. The molecular formula is C9H19F3O2Si. The van der Waals surface area contributed by atoms with Crippen LogP contribution in [0.2, 0.25) is 18.1 Å². The van der Waals surface area contributed by atoms with Gasteiger partial charge in [-0.15, -0.1) is 0 Å². The first-order valence-electron chi connectivity index (χ1n) is 4.76. The number of halogens is 3. The van der Waals surface area contributed by atoms with Crippen LogP contribution in [0.15, 0.2) is 0 Å². The van der Waals surface area contributed by atoms with Crippen molar-refractivity contribution in [2.24, 2.45) is 0 Å². The van der Waals surface area contributed by atoms with E-state index in [1.807, 2.05) is 33.9 Å². The second-order valence-corrected chi connectivity index (χ2v) is 9.94. The summed E-state index contributed by atoms with van der Waals surface area (Å²) in [5.41, 5.74) is 0. The standard InChI is InChI=1S/C9H19F3O2Si/c1-8(2,3)15(4,5)14-6-7(13)9(10,11)12/h7,13H,6H2,1-5H3. The molecule has 0 aliphatic rings. The first-order valence-corrected chi connectivity index (χ1v) is 7.67. The van der Waals surface area contributed by atoms with E-state index in [0.29, 0.717) is 0 Å². The van der Waals surface area contributed by atoms with Crippen LogP contribution in [-0.2, 0) is 4.43 Å². The number of aliphatic hydroxyl groups is 1. The number of alkyl halides is 3. The molecule has 0 saturated heterocycles. The maximum atomic E-state index is 12.0. The van der Waals surface area contributed by atoms with E-state index in [1.54, 1.807) is 0 Å². The topological polar surface area (TPSA) is 29.5 Å². The van der Waals surface area contributed by atoms with Gasteiger partial charge in [-0.3, -0.25) is 0 Å². The largest absolute Gasteiger partial charge is 0.416 e. The molecule has 0 saturated carbocycles. The lowest BCUT2D eigenvalue weighted by Crippen LogP contribution is -2.45. The molecule has 2 nitrogen and oxygen atoms in total. The van der Waals surface area contributed by atoms with Crippen molar-refractivity contribution in [3.8, 4) is 0 Å². The third kappa shape index (κ3) is 4.52. The summed E-state index contributed by atoms with van der Waals surface area (Å²) in [4.78, 5) is 0. The fourth-order valence-corrected chi connectivity index (χ4v) is 1.61. The van der Waals surface area contributed by atoms with Gasteiger partial charge in [-0.05, 0) is 18.1 Å². The van der Waals surface area contributed by atoms with Crippen molar-refractivity contribution in [1.82, 2.24) is 0 Å². The summed E-state index contributed by atoms with van der Waals surface area (Å²) in [6.07, 6.45) is -6.98. The molecule has 1 unspecified atom stereocenters. The predicted molar refractivity (Wildman–Crippen MR) is 55.2 cm³/mol. The molecule has 0 aliphatic heterocycles. The van der Waals surface area contributed by atoms with Crippen LogP contribution >= 0.6 is 0 Å². The van der Waals surface area contributed by atoms with Gasteiger partial charge in [-0.1, -0.05) is 20.8 Å². The molecule has 0 spiro atoms. The van der Waals surface area contributed by atoms with Gasteiger partial charge in [-0.25, -0.2) is 0 Å². The Balaban J connectivity index is 4.29. The van der Waals surface area contributed by atoms with E-state index in [2.05, 4.69) is 0 Å². The minimum absolute atomic E-state index is 0.154. The lowest BCUT2D eigenvalue weighted by molar-refractivity contribution is -0.211. The molecule has 0 fully saturated rings. The van der Waals surface area contributed by atoms with E-state index in [0.717, 1.165) is 0 Å². The molecule has 0 aromatic carbocycles. The van der Waals surface area contributed by atoms with Gasteiger partial charge < -0.3 is 9.53 Å². The summed E-state index contributed by atoms with van der Waals surface area (Å²) < 4.78 is 41.3. The molecule has 0 rings (SSSR count). The van der Waals surface area contributed by atoms with E-state index in [1.165, 1.54) is 0 Å². The highest BCUT2D eigenvalue weighted by Crippen LogP contribution is 2.37. The molecule has 0 radical (unpaired) electrons. The minimum Gasteiger partial charge on any atom is -0.414 e. The molecule has 1 N–H and O–H groups in total. The summed E-state index contributed by atoms with van der Waals surface area (Å²) in [6, 6.07) is 0. The summed E-state index contributed by atoms with van der Waals surface area (Å²) in [7, 11) is -2.21. The van der Waals surface area contributed by atoms with Gasteiger partial charge >= 0.3 is 6.18 Å². The second-order valence-electron chi connectivity index (χ2n) is 5.13. The average Bonchev–Trinajstić information content (AvgIpc) is 1.96. The smallest absolute Gasteiger partial charge is 0.414 e. The number of aliphatic hydroxyl groups excluding tert-OH is 1. The van der Waals surface area contributed by atoms with Crippen molar-refractivity contribution < 1.29 is 22.7 Å². The Labute approximate surface area is 89.6 Å². The van der Waals surface area contributed by atoms with Crippen molar-refractivity contribution in [1.29, 1.82) is 0 Å². The maximum absolute atomic E-state index is 12.0. The van der Waals surface area contributed by atoms with Crippen LogP contribution in [0.4, 0.5) is 13.2 Å². The van der Waals surface area contributed by atoms with Crippen molar-refractivity contribution in [3.05, 3.63) is 0 Å². The van der Waals surface area contributed by atoms with Gasteiger partial charge in [-0.2, -0.15) is 13.2 Å². The number of rotatable bonds is 3. The normalized spacial score (nSPS) is 16.6. The van der Waals surface area contributed by atoms with Crippen LogP contribution in [0, 0.1) is 0 Å². The van der Waals surface area contributed by atoms with Gasteiger partial charge in [0, 0.05) is 0 Å². The van der Waals surface area contributed by atoms with E-state index in [-0.39, 0.29) is 5.04 Å². The number of hydrogen-bond donors (Lipinski definition) is 1. The minimum atomic E-state index is -4.59. The van der Waals surface area contributed by atoms with Crippen LogP contribution in [0.25, 0.3) is 0 Å². The van der Waals surface area contributed by atoms with Crippen LogP contribution in [0.3, 0.4) is 0 Å². The molecular weight excluding hydrogens is 225 g/mol. The van der Waals surface area contributed by atoms with Crippen LogP contribution in [0.5, 0.6) is 0 Å². The first-order chi connectivity index (χ1) is 6.38. The summed E-state index contributed by atoms with van der Waals surface area (Å²) in [5, 5.41) is 8.63. The zero-order valence-corrected chi connectivity index (χ0v) is 10.8. The third-order valence-corrected chi connectivity index (χ3v) is 7.29. The first kappa shape index (κ1) is 14.9. The van der Waals surface area contributed by atoms with Crippen molar-refractivity contribution in [2.75, 3.05) is 6.61 Å². The number of hydrogen-bond acceptors (Lipinski definition) is 2. The van der Waals surface area contributed by atoms with Gasteiger partial charge in [0.2, 0.25) is 0 Å². The van der Waals surface area contributed by atoms with Crippen molar-refractivity contribution >= 4 is 8.32 Å². The summed E-state index contributed by atoms with van der Waals surface area (Å²) >= 11 is 0. The highest BCUT2D eigenvalue weighted by atomic mass is 28.4. The molecule has 1 atom stereocenters. The monoisotopic (exact) mass is 244 g/mol. The Hall–Kier alpha value is -0.0731. The Morgan fingerprint density at radius 3 is 1.87 bits per heavy atom. The molecule has 0 heterocycles. The van der Waals surface area contributed by atoms with E-state index in [4.69, 9.17) is 9.53 Å². The van der Waals surface area contributed by atoms with Crippen LogP contribution in [-0.4, -0.2) is 32.3 Å². The molecule has 0 amide bonds.